The molecule has 0 spiro atoms. The number of pyridine rings is 8. The molecule has 16 heteroatoms. The van der Waals surface area contributed by atoms with Crippen LogP contribution >= 0.6 is 0 Å². The average molecular weight is 2590 g/mol. The van der Waals surface area contributed by atoms with Gasteiger partial charge in [-0.3, -0.25) is 0 Å². The minimum Gasteiger partial charge on any atom is -0.501 e. The van der Waals surface area contributed by atoms with Crippen molar-refractivity contribution in [3.8, 4) is 101 Å². The van der Waals surface area contributed by atoms with E-state index in [1.165, 1.54) is 33.4 Å². The maximum absolute atomic E-state index is 6.41. The normalized spacial score (nSPS) is 10.5. The summed E-state index contributed by atoms with van der Waals surface area (Å²) in [7, 11) is 0. The van der Waals surface area contributed by atoms with Gasteiger partial charge in [-0.05, 0) is 151 Å². The van der Waals surface area contributed by atoms with E-state index in [2.05, 4.69) is 252 Å². The Hall–Kier alpha value is -15.1. The molecule has 0 saturated heterocycles. The van der Waals surface area contributed by atoms with Gasteiger partial charge < -0.3 is 57.5 Å². The molecule has 0 fully saturated rings. The van der Waals surface area contributed by atoms with Crippen LogP contribution in [0.1, 0.15) is 70.0 Å². The summed E-state index contributed by atoms with van der Waals surface area (Å²) in [6, 6.07) is 147. The number of nitrogens with zero attached hydrogens (tertiary/aromatic N) is 8. The van der Waals surface area contributed by atoms with Gasteiger partial charge in [-0.25, -0.2) is 0 Å². The van der Waals surface area contributed by atoms with Gasteiger partial charge in [-0.2, -0.15) is 0 Å². The van der Waals surface area contributed by atoms with Crippen molar-refractivity contribution < 1.29 is 98.1 Å². The Morgan fingerprint density at radius 3 is 1.05 bits per heavy atom. The molecule has 0 unspecified atom stereocenters. The van der Waals surface area contributed by atoms with Crippen LogP contribution in [0.2, 0.25) is 0 Å². The zero-order chi connectivity index (χ0) is 96.9. The molecule has 0 amide bonds. The van der Waals surface area contributed by atoms with Crippen LogP contribution in [-0.2, 0) is 80.4 Å². The second-order valence-corrected chi connectivity index (χ2v) is 34.5. The quantitative estimate of drug-likeness (QED) is 0.120. The van der Waals surface area contributed by atoms with Crippen LogP contribution in [-0.4, -0.2) is 39.9 Å². The molecule has 0 N–H and O–H groups in total. The van der Waals surface area contributed by atoms with Gasteiger partial charge in [-0.15, -0.1) is 214 Å². The molecule has 145 heavy (non-hydrogen) atoms. The zero-order valence-electron chi connectivity index (χ0n) is 81.3. The summed E-state index contributed by atoms with van der Waals surface area (Å²) in [6.45, 7) is 20.7. The van der Waals surface area contributed by atoms with Gasteiger partial charge in [0.05, 0.1) is 22.3 Å². The van der Waals surface area contributed by atoms with E-state index in [1.54, 1.807) is 18.6 Å². The second-order valence-electron chi connectivity index (χ2n) is 34.5. The Labute approximate surface area is 900 Å². The number of hydrogen-bond donors (Lipinski definition) is 0. The smallest absolute Gasteiger partial charge is 0.128 e. The van der Waals surface area contributed by atoms with Crippen LogP contribution in [0.15, 0.2) is 425 Å². The Bertz CT molecular complexity index is 8160. The van der Waals surface area contributed by atoms with Crippen LogP contribution in [0, 0.1) is 104 Å². The third-order valence-corrected chi connectivity index (χ3v) is 23.7. The first-order valence-electron chi connectivity index (χ1n) is 46.8. The van der Waals surface area contributed by atoms with Crippen molar-refractivity contribution in [2.75, 3.05) is 0 Å². The number of aromatic nitrogens is 8. The summed E-state index contributed by atoms with van der Waals surface area (Å²) in [6.07, 6.45) is 12.8. The maximum atomic E-state index is 6.41. The van der Waals surface area contributed by atoms with Gasteiger partial charge in [0, 0.05) is 157 Å². The molecule has 25 rings (SSSR count). The van der Waals surface area contributed by atoms with E-state index in [1.807, 2.05) is 294 Å². The van der Waals surface area contributed by atoms with Crippen LogP contribution in [0.25, 0.3) is 189 Å². The van der Waals surface area contributed by atoms with Crippen molar-refractivity contribution in [1.29, 1.82) is 0 Å². The predicted molar refractivity (Wildman–Crippen MR) is 575 cm³/mol. The molecular formula is C129H98Ir4N8O4-8. The van der Waals surface area contributed by atoms with E-state index in [4.69, 9.17) is 17.7 Å². The van der Waals surface area contributed by atoms with Crippen molar-refractivity contribution in [3.63, 3.8) is 0 Å². The molecule has 25 aromatic rings. The van der Waals surface area contributed by atoms with Gasteiger partial charge in [-0.1, -0.05) is 284 Å². The molecule has 4 radical (unpaired) electrons. The molecule has 0 saturated carbocycles. The second kappa shape index (κ2) is 50.7. The molecule has 0 atom stereocenters. The van der Waals surface area contributed by atoms with Crippen molar-refractivity contribution in [3.05, 3.63) is 506 Å². The minimum absolute atomic E-state index is 0. The molecule has 12 heterocycles. The van der Waals surface area contributed by atoms with Crippen molar-refractivity contribution in [2.45, 2.75) is 75.2 Å². The number of furan rings is 4. The van der Waals surface area contributed by atoms with E-state index in [0.29, 0.717) is 5.92 Å². The summed E-state index contributed by atoms with van der Waals surface area (Å²) in [4.78, 5) is 35.2. The van der Waals surface area contributed by atoms with Gasteiger partial charge in [0.15, 0.2) is 0 Å². The molecule has 722 valence electrons. The monoisotopic (exact) mass is 2590 g/mol. The van der Waals surface area contributed by atoms with Crippen molar-refractivity contribution in [2.24, 2.45) is 0 Å². The number of hydrogen-bond acceptors (Lipinski definition) is 12. The van der Waals surface area contributed by atoms with E-state index in [0.717, 1.165) is 206 Å². The number of aryl methyl sites for hydroxylation is 8. The fraction of sp³-hybridized carbons (Fsp3) is 0.0853. The molecule has 12 nitrogen and oxygen atoms in total. The number of benzene rings is 13. The topological polar surface area (TPSA) is 156 Å². The largest absolute Gasteiger partial charge is 0.501 e. The summed E-state index contributed by atoms with van der Waals surface area (Å²) in [5.41, 5.74) is 35.2. The minimum atomic E-state index is 0. The first-order chi connectivity index (χ1) is 69.1. The van der Waals surface area contributed by atoms with E-state index >= 15 is 0 Å². The number of para-hydroxylation sites is 4. The fourth-order valence-electron chi connectivity index (χ4n) is 16.3. The molecular weight excluding hydrogens is 2490 g/mol. The van der Waals surface area contributed by atoms with Crippen LogP contribution in [0.3, 0.4) is 0 Å². The average Bonchev–Trinajstić information content (AvgIpc) is 1.50. The van der Waals surface area contributed by atoms with Crippen molar-refractivity contribution >= 4 is 87.8 Å². The van der Waals surface area contributed by atoms with Gasteiger partial charge in [0.1, 0.15) is 22.3 Å². The third kappa shape index (κ3) is 25.9. The Balaban J connectivity index is 0.000000132. The standard InChI is InChI=1S/C24H16NO.3C18H12NO.C15H16N.3C12H10N.4Ir/c1-16-8-7-15-25-22(16)21-14-6-13-20-19-12-5-11-18(23(19)26-24(20)21)17-9-3-2-4-10-17;1-12-6-4-10-16(19-12)15-9-5-8-14-13-7-2-3-11-17(13)20-18(14)15;1-12-9-10-19-16(11-12)15-7-4-6-14-13-5-2-3-8-17(13)20-18(14)15;1-12-9-10-16(19-11-12)15-7-4-6-14-13-5-2-3-8-17(13)20-18(14)15;1-11(2)13-5-7-14(8-6-13)15-9-4-12(3)10-16-15;3*1-10-5-7-11(8-6-10)12-4-2-3-9-13-12;;;;/h2-13,15H,1H3;2-8,10-11H,1H3;2*2-6,8-11H,1H3;4-7,9-11H,1-3H3;3*2-7,9H,1H3;;;;/q8*-1;;;;. The molecule has 0 aliphatic heterocycles. The van der Waals surface area contributed by atoms with Gasteiger partial charge in [0.25, 0.3) is 0 Å². The predicted octanol–water partition coefficient (Wildman–Crippen LogP) is 33.2. The summed E-state index contributed by atoms with van der Waals surface area (Å²) in [5, 5.41) is 8.93. The van der Waals surface area contributed by atoms with Crippen LogP contribution < -0.4 is 0 Å². The van der Waals surface area contributed by atoms with Crippen LogP contribution in [0.4, 0.5) is 0 Å². The number of rotatable bonds is 10. The number of fused-ring (bicyclic) bond motifs is 12. The molecule has 0 aliphatic carbocycles. The van der Waals surface area contributed by atoms with Crippen molar-refractivity contribution in [1.82, 2.24) is 39.9 Å². The summed E-state index contributed by atoms with van der Waals surface area (Å²) >= 11 is 0. The summed E-state index contributed by atoms with van der Waals surface area (Å²) < 4.78 is 24.4. The van der Waals surface area contributed by atoms with Crippen LogP contribution in [0.5, 0.6) is 0 Å². The first-order valence-corrected chi connectivity index (χ1v) is 46.8. The Morgan fingerprint density at radius 1 is 0.241 bits per heavy atom. The van der Waals surface area contributed by atoms with E-state index in [-0.39, 0.29) is 80.4 Å². The third-order valence-electron chi connectivity index (χ3n) is 23.7. The fourth-order valence-corrected chi connectivity index (χ4v) is 16.3. The Morgan fingerprint density at radius 2 is 0.621 bits per heavy atom. The maximum Gasteiger partial charge on any atom is 0.128 e. The molecule has 12 aromatic heterocycles. The van der Waals surface area contributed by atoms with Gasteiger partial charge in [0.2, 0.25) is 0 Å². The molecule has 0 aliphatic rings. The Kier molecular flexibility index (Phi) is 36.9. The molecule has 13 aromatic carbocycles. The van der Waals surface area contributed by atoms with E-state index < -0.39 is 0 Å². The first kappa shape index (κ1) is 106. The summed E-state index contributed by atoms with van der Waals surface area (Å²) in [5.74, 6) is 0.552. The van der Waals surface area contributed by atoms with E-state index in [9.17, 15) is 0 Å². The molecule has 0 bridgehead atoms. The SMILES string of the molecule is Cc1c[c-]c(-c2ccccn2)cc1.Cc1c[c-]c(-c2ccccn2)cc1.Cc1c[c-]c(-c2ccccn2)cc1.Cc1ccc(-c2[c-]cc(C(C)C)cc2)nc1.Cc1ccc(-c2[c-]ccc3c2oc2ccccc23)nc1.Cc1cccc(-c2[c-]ccc3c2oc2ccccc23)n1.Cc1cccnc1-c1[c-]ccc2c1oc1c(-c3ccccc3)cccc12.Cc1ccnc(-c2[c-]ccc3c2oc2ccccc23)c1.[Ir].[Ir].[Ir].[Ir]. The van der Waals surface area contributed by atoms with Gasteiger partial charge >= 0.3 is 0 Å². The zero-order valence-corrected chi connectivity index (χ0v) is 90.9.